The number of hydrogen-bond donors (Lipinski definition) is 1. The zero-order valence-electron chi connectivity index (χ0n) is 21.5. The Bertz CT molecular complexity index is 1660. The van der Waals surface area contributed by atoms with E-state index in [4.69, 9.17) is 4.98 Å². The van der Waals surface area contributed by atoms with Gasteiger partial charge in [0.25, 0.3) is 5.56 Å². The molecule has 10 heteroatoms. The van der Waals surface area contributed by atoms with Crippen LogP contribution in [0.25, 0.3) is 33.7 Å². The lowest BCUT2D eigenvalue weighted by Crippen LogP contribution is -2.41. The molecule has 2 aromatic carbocycles. The molecule has 0 amide bonds. The molecule has 0 saturated heterocycles. The summed E-state index contributed by atoms with van der Waals surface area (Å²) < 4.78 is 4.92. The Labute approximate surface area is 213 Å². The molecule has 10 nitrogen and oxygen atoms in total. The van der Waals surface area contributed by atoms with E-state index in [-0.39, 0.29) is 17.2 Å². The van der Waals surface area contributed by atoms with Gasteiger partial charge in [-0.1, -0.05) is 69.3 Å². The lowest BCUT2D eigenvalue weighted by Gasteiger charge is -2.13. The molecule has 0 radical (unpaired) electrons. The number of imidazole rings is 1. The summed E-state index contributed by atoms with van der Waals surface area (Å²) in [6, 6.07) is 16.1. The largest absolute Gasteiger partial charge is 0.332 e. The molecule has 0 bridgehead atoms. The fourth-order valence-corrected chi connectivity index (χ4v) is 4.77. The van der Waals surface area contributed by atoms with Crippen LogP contribution < -0.4 is 11.2 Å². The van der Waals surface area contributed by atoms with Gasteiger partial charge >= 0.3 is 5.69 Å². The molecule has 1 N–H and O–H groups in total. The lowest BCUT2D eigenvalue weighted by atomic mass is 9.98. The van der Waals surface area contributed by atoms with Crippen molar-refractivity contribution in [3.63, 3.8) is 0 Å². The first kappa shape index (κ1) is 24.4. The number of fused-ring (bicyclic) bond motifs is 1. The Morgan fingerprint density at radius 1 is 0.919 bits per heavy atom. The molecular weight excluding hydrogens is 468 g/mol. The van der Waals surface area contributed by atoms with Gasteiger partial charge in [0.2, 0.25) is 5.82 Å². The number of aryl methyl sites for hydroxylation is 2. The summed E-state index contributed by atoms with van der Waals surface area (Å²) in [5, 5.41) is 14.4. The smallest absolute Gasteiger partial charge is 0.318 e. The number of aromatic nitrogens is 8. The van der Waals surface area contributed by atoms with E-state index in [9.17, 15) is 9.59 Å². The van der Waals surface area contributed by atoms with Crippen LogP contribution in [0.1, 0.15) is 39.1 Å². The zero-order valence-corrected chi connectivity index (χ0v) is 21.5. The monoisotopic (exact) mass is 498 g/mol. The fourth-order valence-electron chi connectivity index (χ4n) is 4.77. The molecule has 0 saturated carbocycles. The number of benzene rings is 2. The van der Waals surface area contributed by atoms with E-state index in [0.717, 1.165) is 28.1 Å². The quantitative estimate of drug-likeness (QED) is 0.350. The Kier molecular flexibility index (Phi) is 6.56. The first-order valence-corrected chi connectivity index (χ1v) is 12.6. The molecule has 0 aliphatic heterocycles. The predicted octanol–water partition coefficient (Wildman–Crippen LogP) is 3.49. The van der Waals surface area contributed by atoms with E-state index < -0.39 is 0 Å². The standard InChI is InChI=1S/C27H30N8O2/c1-5-22-28-25-23(26(36)35(15-17(3)4)27(37)33(25)6-2)34(22)16-18-11-13-19(14-12-18)20-9-7-8-10-21(20)24-29-31-32-30-24/h7-14,17H,5-6,15-16H2,1-4H3,(H,29,30,31,32). The third kappa shape index (κ3) is 4.39. The molecule has 0 fully saturated rings. The van der Waals surface area contributed by atoms with Crippen LogP contribution in [0.2, 0.25) is 0 Å². The highest BCUT2D eigenvalue weighted by atomic mass is 16.2. The number of H-pyrrole nitrogens is 1. The number of tetrazole rings is 1. The van der Waals surface area contributed by atoms with Gasteiger partial charge in [0.05, 0.1) is 0 Å². The van der Waals surface area contributed by atoms with Crippen molar-refractivity contribution in [3.05, 3.63) is 80.8 Å². The maximum absolute atomic E-state index is 13.6. The van der Waals surface area contributed by atoms with Crippen molar-refractivity contribution in [3.8, 4) is 22.5 Å². The van der Waals surface area contributed by atoms with Crippen molar-refractivity contribution < 1.29 is 0 Å². The fraction of sp³-hybridized carbons (Fsp3) is 0.333. The molecule has 190 valence electrons. The molecule has 0 atom stereocenters. The van der Waals surface area contributed by atoms with Gasteiger partial charge in [-0.3, -0.25) is 13.9 Å². The van der Waals surface area contributed by atoms with Crippen LogP contribution >= 0.6 is 0 Å². The van der Waals surface area contributed by atoms with Gasteiger partial charge in [-0.25, -0.2) is 9.78 Å². The Morgan fingerprint density at radius 2 is 1.65 bits per heavy atom. The molecule has 0 spiro atoms. The summed E-state index contributed by atoms with van der Waals surface area (Å²) >= 11 is 0. The minimum atomic E-state index is -0.300. The maximum atomic E-state index is 13.6. The summed E-state index contributed by atoms with van der Waals surface area (Å²) in [4.78, 5) is 31.4. The minimum absolute atomic E-state index is 0.165. The van der Waals surface area contributed by atoms with Crippen molar-refractivity contribution in [1.29, 1.82) is 0 Å². The number of nitrogens with one attached hydrogen (secondary N) is 1. The average molecular weight is 499 g/mol. The molecule has 0 aliphatic rings. The lowest BCUT2D eigenvalue weighted by molar-refractivity contribution is 0.477. The van der Waals surface area contributed by atoms with Crippen molar-refractivity contribution >= 4 is 11.2 Å². The second-order valence-electron chi connectivity index (χ2n) is 9.45. The first-order chi connectivity index (χ1) is 17.9. The highest BCUT2D eigenvalue weighted by Gasteiger charge is 2.21. The van der Waals surface area contributed by atoms with Crippen LogP contribution in [0.15, 0.2) is 58.1 Å². The van der Waals surface area contributed by atoms with Crippen LogP contribution in [0.4, 0.5) is 0 Å². The summed E-state index contributed by atoms with van der Waals surface area (Å²) in [6.45, 7) is 9.21. The van der Waals surface area contributed by atoms with Gasteiger partial charge < -0.3 is 4.57 Å². The summed E-state index contributed by atoms with van der Waals surface area (Å²) in [6.07, 6.45) is 0.645. The van der Waals surface area contributed by atoms with E-state index >= 15 is 0 Å². The van der Waals surface area contributed by atoms with Crippen LogP contribution in [0, 0.1) is 5.92 Å². The summed E-state index contributed by atoms with van der Waals surface area (Å²) in [5.41, 5.74) is 4.29. The molecule has 0 aliphatic carbocycles. The highest BCUT2D eigenvalue weighted by molar-refractivity contribution is 5.80. The zero-order chi connectivity index (χ0) is 26.1. The third-order valence-electron chi connectivity index (χ3n) is 6.49. The van der Waals surface area contributed by atoms with Crippen LogP contribution in [-0.4, -0.2) is 39.3 Å². The second kappa shape index (κ2) is 9.96. The SMILES string of the molecule is CCc1nc2c(c(=O)n(CC(C)C)c(=O)n2CC)n1Cc1ccc(-c2ccccc2-c2nn[nH]n2)cc1. The third-order valence-corrected chi connectivity index (χ3v) is 6.49. The van der Waals surface area contributed by atoms with E-state index in [1.807, 2.05) is 56.5 Å². The van der Waals surface area contributed by atoms with E-state index in [0.29, 0.717) is 43.0 Å². The molecular formula is C27H30N8O2. The van der Waals surface area contributed by atoms with Crippen molar-refractivity contribution in [2.45, 2.75) is 53.8 Å². The van der Waals surface area contributed by atoms with Gasteiger partial charge in [0.15, 0.2) is 11.2 Å². The normalized spacial score (nSPS) is 11.6. The van der Waals surface area contributed by atoms with Crippen LogP contribution in [-0.2, 0) is 26.1 Å². The maximum Gasteiger partial charge on any atom is 0.332 e. The van der Waals surface area contributed by atoms with E-state index in [1.54, 1.807) is 4.57 Å². The molecule has 37 heavy (non-hydrogen) atoms. The van der Waals surface area contributed by atoms with E-state index in [1.165, 1.54) is 4.57 Å². The summed E-state index contributed by atoms with van der Waals surface area (Å²) in [7, 11) is 0. The summed E-state index contributed by atoms with van der Waals surface area (Å²) in [5.74, 6) is 1.48. The van der Waals surface area contributed by atoms with Gasteiger partial charge in [-0.05, 0) is 34.7 Å². The van der Waals surface area contributed by atoms with Crippen molar-refractivity contribution in [1.82, 2.24) is 39.3 Å². The van der Waals surface area contributed by atoms with Gasteiger partial charge in [0, 0.05) is 31.6 Å². The topological polar surface area (TPSA) is 116 Å². The van der Waals surface area contributed by atoms with Crippen molar-refractivity contribution in [2.75, 3.05) is 0 Å². The molecule has 0 unspecified atom stereocenters. The Balaban J connectivity index is 1.58. The number of nitrogens with zero attached hydrogens (tertiary/aromatic N) is 7. The molecule has 5 aromatic rings. The van der Waals surface area contributed by atoms with Crippen molar-refractivity contribution in [2.24, 2.45) is 5.92 Å². The average Bonchev–Trinajstić information content (AvgIpc) is 3.56. The molecule has 5 rings (SSSR count). The first-order valence-electron chi connectivity index (χ1n) is 12.6. The highest BCUT2D eigenvalue weighted by Crippen LogP contribution is 2.30. The number of hydrogen-bond acceptors (Lipinski definition) is 6. The predicted molar refractivity (Wildman–Crippen MR) is 142 cm³/mol. The van der Waals surface area contributed by atoms with Crippen LogP contribution in [0.3, 0.4) is 0 Å². The van der Waals surface area contributed by atoms with Gasteiger partial charge in [-0.15, -0.1) is 10.2 Å². The minimum Gasteiger partial charge on any atom is -0.318 e. The number of aromatic amines is 1. The number of rotatable bonds is 8. The second-order valence-corrected chi connectivity index (χ2v) is 9.45. The Morgan fingerprint density at radius 3 is 2.27 bits per heavy atom. The molecule has 3 aromatic heterocycles. The Hall–Kier alpha value is -4.34. The van der Waals surface area contributed by atoms with E-state index in [2.05, 4.69) is 44.9 Å². The molecule has 3 heterocycles. The van der Waals surface area contributed by atoms with Gasteiger partial charge in [-0.2, -0.15) is 5.21 Å². The van der Waals surface area contributed by atoms with Crippen LogP contribution in [0.5, 0.6) is 0 Å². The van der Waals surface area contributed by atoms with Gasteiger partial charge in [0.1, 0.15) is 5.82 Å².